The summed E-state index contributed by atoms with van der Waals surface area (Å²) in [4.78, 5) is 16.7. The highest BCUT2D eigenvalue weighted by molar-refractivity contribution is 7.85. The summed E-state index contributed by atoms with van der Waals surface area (Å²) in [5.41, 5.74) is 1.46. The zero-order valence-electron chi connectivity index (χ0n) is 12.6. The number of halogens is 1. The Morgan fingerprint density at radius 3 is 2.58 bits per heavy atom. The number of pyridine rings is 2. The molecule has 0 radical (unpaired) electrons. The summed E-state index contributed by atoms with van der Waals surface area (Å²) in [5.74, 6) is -0.612. The maximum atomic E-state index is 12.5. The van der Waals surface area contributed by atoms with Crippen LogP contribution >= 0.6 is 11.6 Å². The first kappa shape index (κ1) is 16.6. The summed E-state index contributed by atoms with van der Waals surface area (Å²) in [5, 5.41) is 0.841. The van der Waals surface area contributed by atoms with Crippen LogP contribution in [0.3, 0.4) is 0 Å². The quantitative estimate of drug-likeness (QED) is 0.721. The van der Waals surface area contributed by atoms with Crippen molar-refractivity contribution in [2.75, 3.05) is 0 Å². The summed E-state index contributed by atoms with van der Waals surface area (Å²) >= 11 is 6.20. The molecule has 0 amide bonds. The van der Waals surface area contributed by atoms with Gasteiger partial charge in [0.1, 0.15) is 5.75 Å². The summed E-state index contributed by atoms with van der Waals surface area (Å²) in [7, 11) is -2.57. The minimum Gasteiger partial charge on any atom is -0.311 e. The molecule has 1 aromatic carbocycles. The second kappa shape index (κ2) is 6.01. The van der Waals surface area contributed by atoms with Gasteiger partial charge in [0, 0.05) is 17.6 Å². The van der Waals surface area contributed by atoms with E-state index in [1.807, 2.05) is 0 Å². The normalized spacial score (nSPS) is 11.8. The van der Waals surface area contributed by atoms with E-state index in [0.717, 1.165) is 0 Å². The van der Waals surface area contributed by atoms with Gasteiger partial charge < -0.3 is 4.57 Å². The molecule has 0 spiro atoms. The third-order valence-electron chi connectivity index (χ3n) is 3.63. The van der Waals surface area contributed by atoms with Crippen LogP contribution in [0.1, 0.15) is 5.69 Å². The Bertz CT molecular complexity index is 1110. The monoisotopic (exact) mass is 364 g/mol. The average molecular weight is 365 g/mol. The van der Waals surface area contributed by atoms with E-state index in [-0.39, 0.29) is 11.3 Å². The Morgan fingerprint density at radius 1 is 1.21 bits per heavy atom. The maximum Gasteiger partial charge on any atom is 0.270 e. The Kier molecular flexibility index (Phi) is 4.16. The molecule has 2 aromatic heterocycles. The first-order valence-electron chi connectivity index (χ1n) is 6.96. The topological polar surface area (TPSA) is 89.3 Å². The number of benzene rings is 1. The zero-order valence-corrected chi connectivity index (χ0v) is 14.2. The highest BCUT2D eigenvalue weighted by Gasteiger charge is 2.14. The fourth-order valence-corrected chi connectivity index (χ4v) is 3.29. The Hall–Kier alpha value is -2.22. The Labute approximate surface area is 143 Å². The van der Waals surface area contributed by atoms with Crippen molar-refractivity contribution in [3.63, 3.8) is 0 Å². The van der Waals surface area contributed by atoms with Crippen LogP contribution < -0.4 is 5.56 Å². The van der Waals surface area contributed by atoms with Crippen molar-refractivity contribution >= 4 is 32.6 Å². The van der Waals surface area contributed by atoms with E-state index < -0.39 is 15.9 Å². The fourth-order valence-electron chi connectivity index (χ4n) is 2.52. The van der Waals surface area contributed by atoms with E-state index >= 15 is 0 Å². The zero-order chi connectivity index (χ0) is 17.5. The van der Waals surface area contributed by atoms with Gasteiger partial charge in [0.05, 0.1) is 22.3 Å². The molecule has 3 aromatic rings. The molecule has 0 saturated carbocycles. The van der Waals surface area contributed by atoms with E-state index in [1.165, 1.54) is 16.7 Å². The van der Waals surface area contributed by atoms with Crippen molar-refractivity contribution in [2.24, 2.45) is 7.05 Å². The molecule has 0 atom stereocenters. The number of hydrogen-bond donors (Lipinski definition) is 1. The Balaban J connectivity index is 2.27. The van der Waals surface area contributed by atoms with Crippen LogP contribution in [-0.2, 0) is 22.9 Å². The molecule has 3 rings (SSSR count). The SMILES string of the molecule is Cn1c(-c2ccccc2Cl)cc2nc(CS(=O)(=O)O)ccc2c1=O. The van der Waals surface area contributed by atoms with Crippen molar-refractivity contribution < 1.29 is 13.0 Å². The highest BCUT2D eigenvalue weighted by atomic mass is 35.5. The summed E-state index contributed by atoms with van der Waals surface area (Å²) in [6.07, 6.45) is 0. The van der Waals surface area contributed by atoms with Crippen LogP contribution in [0.2, 0.25) is 5.02 Å². The molecule has 6 nitrogen and oxygen atoms in total. The minimum atomic E-state index is -4.20. The molecular weight excluding hydrogens is 352 g/mol. The van der Waals surface area contributed by atoms with Crippen LogP contribution in [-0.4, -0.2) is 22.5 Å². The smallest absolute Gasteiger partial charge is 0.270 e. The molecule has 0 saturated heterocycles. The van der Waals surface area contributed by atoms with Gasteiger partial charge in [-0.1, -0.05) is 29.8 Å². The van der Waals surface area contributed by atoms with Gasteiger partial charge in [-0.2, -0.15) is 8.42 Å². The summed E-state index contributed by atoms with van der Waals surface area (Å²) in [6.45, 7) is 0. The molecule has 0 aliphatic carbocycles. The third-order valence-corrected chi connectivity index (χ3v) is 4.62. The standard InChI is InChI=1S/C16H13ClN2O4S/c1-19-15(11-4-2-3-5-13(11)17)8-14-12(16(19)20)7-6-10(18-14)9-24(21,22)23/h2-8H,9H2,1H3,(H,21,22,23). The lowest BCUT2D eigenvalue weighted by Gasteiger charge is -2.12. The van der Waals surface area contributed by atoms with Crippen molar-refractivity contribution in [1.29, 1.82) is 0 Å². The second-order valence-electron chi connectivity index (χ2n) is 5.34. The molecule has 0 aliphatic rings. The van der Waals surface area contributed by atoms with Gasteiger partial charge in [-0.25, -0.2) is 0 Å². The van der Waals surface area contributed by atoms with Gasteiger partial charge in [-0.3, -0.25) is 14.3 Å². The van der Waals surface area contributed by atoms with Gasteiger partial charge in [-0.05, 0) is 24.3 Å². The predicted molar refractivity (Wildman–Crippen MR) is 92.7 cm³/mol. The van der Waals surface area contributed by atoms with Crippen LogP contribution in [0.5, 0.6) is 0 Å². The van der Waals surface area contributed by atoms with Crippen molar-refractivity contribution in [3.05, 3.63) is 63.5 Å². The van der Waals surface area contributed by atoms with Crippen LogP contribution in [0.25, 0.3) is 22.2 Å². The molecule has 0 bridgehead atoms. The predicted octanol–water partition coefficient (Wildman–Crippen LogP) is 2.64. The Morgan fingerprint density at radius 2 is 1.92 bits per heavy atom. The van der Waals surface area contributed by atoms with Gasteiger partial charge >= 0.3 is 0 Å². The first-order chi connectivity index (χ1) is 11.3. The average Bonchev–Trinajstić information content (AvgIpc) is 2.50. The molecule has 8 heteroatoms. The summed E-state index contributed by atoms with van der Waals surface area (Å²) < 4.78 is 32.5. The minimum absolute atomic E-state index is 0.156. The van der Waals surface area contributed by atoms with E-state index in [4.69, 9.17) is 16.2 Å². The largest absolute Gasteiger partial charge is 0.311 e. The first-order valence-corrected chi connectivity index (χ1v) is 8.95. The van der Waals surface area contributed by atoms with Gasteiger partial charge in [0.15, 0.2) is 0 Å². The van der Waals surface area contributed by atoms with Crippen molar-refractivity contribution in [3.8, 4) is 11.3 Å². The van der Waals surface area contributed by atoms with E-state index in [0.29, 0.717) is 27.2 Å². The number of aromatic nitrogens is 2. The van der Waals surface area contributed by atoms with Crippen molar-refractivity contribution in [1.82, 2.24) is 9.55 Å². The second-order valence-corrected chi connectivity index (χ2v) is 7.19. The van der Waals surface area contributed by atoms with Gasteiger partial charge in [0.2, 0.25) is 0 Å². The van der Waals surface area contributed by atoms with Gasteiger partial charge in [-0.15, -0.1) is 0 Å². The number of nitrogens with zero attached hydrogens (tertiary/aromatic N) is 2. The molecule has 1 N–H and O–H groups in total. The lowest BCUT2D eigenvalue weighted by molar-refractivity contribution is 0.481. The molecule has 124 valence electrons. The lowest BCUT2D eigenvalue weighted by atomic mass is 10.1. The van der Waals surface area contributed by atoms with E-state index in [1.54, 1.807) is 37.4 Å². The molecule has 2 heterocycles. The summed E-state index contributed by atoms with van der Waals surface area (Å²) in [6, 6.07) is 11.7. The molecule has 0 fully saturated rings. The van der Waals surface area contributed by atoms with Crippen LogP contribution in [0, 0.1) is 0 Å². The third kappa shape index (κ3) is 3.19. The van der Waals surface area contributed by atoms with Crippen LogP contribution in [0.15, 0.2) is 47.3 Å². The highest BCUT2D eigenvalue weighted by Crippen LogP contribution is 2.28. The van der Waals surface area contributed by atoms with Crippen molar-refractivity contribution in [2.45, 2.75) is 5.75 Å². The number of rotatable bonds is 3. The molecule has 0 aliphatic heterocycles. The lowest BCUT2D eigenvalue weighted by Crippen LogP contribution is -2.19. The molecule has 24 heavy (non-hydrogen) atoms. The fraction of sp³-hybridized carbons (Fsp3) is 0.125. The number of fused-ring (bicyclic) bond motifs is 1. The molecular formula is C16H13ClN2O4S. The number of hydrogen-bond acceptors (Lipinski definition) is 4. The van der Waals surface area contributed by atoms with E-state index in [2.05, 4.69) is 4.98 Å². The van der Waals surface area contributed by atoms with Gasteiger partial charge in [0.25, 0.3) is 15.7 Å². The van der Waals surface area contributed by atoms with E-state index in [9.17, 15) is 13.2 Å². The maximum absolute atomic E-state index is 12.5. The molecule has 0 unspecified atom stereocenters. The van der Waals surface area contributed by atoms with Crippen LogP contribution in [0.4, 0.5) is 0 Å².